The summed E-state index contributed by atoms with van der Waals surface area (Å²) in [6.45, 7) is 13.7. The minimum atomic E-state index is -0.763. The van der Waals surface area contributed by atoms with Gasteiger partial charge in [-0.25, -0.2) is 0 Å². The predicted octanol–water partition coefficient (Wildman–Crippen LogP) is 17.9. The third-order valence-corrected chi connectivity index (χ3v) is 13.0. The Morgan fingerprint density at radius 1 is 0.323 bits per heavy atom. The highest BCUT2D eigenvalue weighted by atomic mass is 16.6. The Labute approximate surface area is 387 Å². The number of rotatable bonds is 49. The van der Waals surface area contributed by atoms with E-state index in [1.807, 2.05) is 0 Å². The van der Waals surface area contributed by atoms with E-state index >= 15 is 0 Å². The molecule has 0 aromatic carbocycles. The van der Waals surface area contributed by atoms with E-state index in [2.05, 4.69) is 41.5 Å². The van der Waals surface area contributed by atoms with Gasteiger partial charge in [-0.2, -0.15) is 0 Å². The van der Waals surface area contributed by atoms with Crippen molar-refractivity contribution in [1.82, 2.24) is 0 Å². The van der Waals surface area contributed by atoms with Crippen molar-refractivity contribution in [3.63, 3.8) is 0 Å². The lowest BCUT2D eigenvalue weighted by Gasteiger charge is -2.18. The zero-order valence-corrected chi connectivity index (χ0v) is 42.7. The van der Waals surface area contributed by atoms with Crippen molar-refractivity contribution < 1.29 is 28.6 Å². The Kier molecular flexibility index (Phi) is 46.2. The summed E-state index contributed by atoms with van der Waals surface area (Å²) < 4.78 is 16.8. The molecule has 0 spiro atoms. The van der Waals surface area contributed by atoms with Gasteiger partial charge in [0.2, 0.25) is 0 Å². The second-order valence-electron chi connectivity index (χ2n) is 20.4. The molecule has 0 bridgehead atoms. The van der Waals surface area contributed by atoms with Crippen molar-refractivity contribution >= 4 is 17.9 Å². The Bertz CT molecular complexity index is 962. The first kappa shape index (κ1) is 60.4. The van der Waals surface area contributed by atoms with Crippen LogP contribution in [0.25, 0.3) is 0 Å². The minimum Gasteiger partial charge on any atom is -0.462 e. The van der Waals surface area contributed by atoms with Gasteiger partial charge in [0, 0.05) is 19.3 Å². The van der Waals surface area contributed by atoms with Gasteiger partial charge in [-0.3, -0.25) is 14.4 Å². The van der Waals surface area contributed by atoms with Crippen LogP contribution >= 0.6 is 0 Å². The fraction of sp³-hybridized carbons (Fsp3) is 0.946. The van der Waals surface area contributed by atoms with Crippen molar-refractivity contribution in [3.05, 3.63) is 0 Å². The lowest BCUT2D eigenvalue weighted by molar-refractivity contribution is -0.167. The van der Waals surface area contributed by atoms with E-state index in [1.54, 1.807) is 0 Å². The summed E-state index contributed by atoms with van der Waals surface area (Å²) in [6, 6.07) is 0. The molecule has 0 aliphatic rings. The maximum Gasteiger partial charge on any atom is 0.306 e. The van der Waals surface area contributed by atoms with Crippen LogP contribution in [0.1, 0.15) is 305 Å². The highest BCUT2D eigenvalue weighted by Crippen LogP contribution is 2.18. The molecule has 0 saturated heterocycles. The van der Waals surface area contributed by atoms with E-state index in [4.69, 9.17) is 14.2 Å². The van der Waals surface area contributed by atoms with Crippen LogP contribution in [0.5, 0.6) is 0 Å². The molecule has 0 aliphatic carbocycles. The summed E-state index contributed by atoms with van der Waals surface area (Å²) in [4.78, 5) is 38.0. The zero-order valence-electron chi connectivity index (χ0n) is 42.7. The number of hydrogen-bond acceptors (Lipinski definition) is 6. The molecule has 0 aliphatic heterocycles. The van der Waals surface area contributed by atoms with Crippen LogP contribution in [-0.4, -0.2) is 37.2 Å². The number of unbranched alkanes of at least 4 members (excludes halogenated alkanes) is 31. The van der Waals surface area contributed by atoms with Crippen molar-refractivity contribution in [1.29, 1.82) is 0 Å². The van der Waals surface area contributed by atoms with Gasteiger partial charge in [-0.05, 0) is 37.0 Å². The third kappa shape index (κ3) is 47.9. The summed E-state index contributed by atoms with van der Waals surface area (Å²) in [5.74, 6) is 1.64. The monoisotopic (exact) mass is 877 g/mol. The van der Waals surface area contributed by atoms with E-state index in [9.17, 15) is 14.4 Å². The summed E-state index contributed by atoms with van der Waals surface area (Å²) >= 11 is 0. The van der Waals surface area contributed by atoms with Gasteiger partial charge >= 0.3 is 17.9 Å². The molecule has 0 radical (unpaired) electrons. The predicted molar refractivity (Wildman–Crippen MR) is 266 cm³/mol. The molecule has 62 heavy (non-hydrogen) atoms. The van der Waals surface area contributed by atoms with Gasteiger partial charge in [-0.15, -0.1) is 0 Å². The second-order valence-corrected chi connectivity index (χ2v) is 20.4. The number of carbonyl (C=O) groups is 3. The summed E-state index contributed by atoms with van der Waals surface area (Å²) in [6.07, 6.45) is 48.2. The molecule has 0 N–H and O–H groups in total. The molecule has 0 saturated carbocycles. The van der Waals surface area contributed by atoms with Crippen LogP contribution < -0.4 is 0 Å². The minimum absolute atomic E-state index is 0.0650. The fourth-order valence-corrected chi connectivity index (χ4v) is 8.44. The number of hydrogen-bond donors (Lipinski definition) is 0. The molecule has 0 amide bonds. The normalized spacial score (nSPS) is 12.6. The quantitative estimate of drug-likeness (QED) is 0.0344. The van der Waals surface area contributed by atoms with Gasteiger partial charge in [0.15, 0.2) is 6.10 Å². The Morgan fingerprint density at radius 3 is 0.839 bits per heavy atom. The summed E-state index contributed by atoms with van der Waals surface area (Å²) in [7, 11) is 0. The van der Waals surface area contributed by atoms with Gasteiger partial charge in [0.25, 0.3) is 0 Å². The standard InChI is InChI=1S/C56H108O6/c1-7-52(6)44-38-32-28-29-34-40-46-55(58)61-49-53(48-60-54(57)45-39-33-26-22-19-18-21-25-31-37-43-51(4)5)62-56(59)47-41-35-27-23-17-15-13-11-9-8-10-12-14-16-20-24-30-36-42-50(2)3/h50-53H,7-49H2,1-6H3/t52?,53-/m0/s1. The van der Waals surface area contributed by atoms with Crippen molar-refractivity contribution in [2.75, 3.05) is 13.2 Å². The molecule has 368 valence electrons. The van der Waals surface area contributed by atoms with Crippen molar-refractivity contribution in [2.45, 2.75) is 311 Å². The topological polar surface area (TPSA) is 78.9 Å². The molecule has 0 aromatic rings. The molecule has 2 atom stereocenters. The fourth-order valence-electron chi connectivity index (χ4n) is 8.44. The van der Waals surface area contributed by atoms with Crippen LogP contribution in [0.2, 0.25) is 0 Å². The largest absolute Gasteiger partial charge is 0.462 e. The van der Waals surface area contributed by atoms with Crippen molar-refractivity contribution in [2.24, 2.45) is 17.8 Å². The average Bonchev–Trinajstić information content (AvgIpc) is 3.24. The third-order valence-electron chi connectivity index (χ3n) is 13.0. The molecule has 1 unspecified atom stereocenters. The maximum atomic E-state index is 12.8. The highest BCUT2D eigenvalue weighted by molar-refractivity contribution is 5.71. The first-order valence-electron chi connectivity index (χ1n) is 27.6. The molecule has 6 heteroatoms. The SMILES string of the molecule is CCC(C)CCCCCCCCC(=O)OC[C@H](COC(=O)CCCCCCCCCCCCC(C)C)OC(=O)CCCCCCCCCCCCCCCCCCCCC(C)C. The summed E-state index contributed by atoms with van der Waals surface area (Å²) in [5, 5.41) is 0. The van der Waals surface area contributed by atoms with Gasteiger partial charge in [0.1, 0.15) is 13.2 Å². The average molecular weight is 877 g/mol. The Hall–Kier alpha value is -1.59. The summed E-state index contributed by atoms with van der Waals surface area (Å²) in [5.41, 5.74) is 0. The van der Waals surface area contributed by atoms with Crippen molar-refractivity contribution in [3.8, 4) is 0 Å². The van der Waals surface area contributed by atoms with E-state index < -0.39 is 6.10 Å². The van der Waals surface area contributed by atoms with E-state index in [0.717, 1.165) is 75.5 Å². The number of carbonyl (C=O) groups excluding carboxylic acids is 3. The van der Waals surface area contributed by atoms with Crippen LogP contribution in [-0.2, 0) is 28.6 Å². The van der Waals surface area contributed by atoms with Gasteiger partial charge in [0.05, 0.1) is 0 Å². The Morgan fingerprint density at radius 2 is 0.565 bits per heavy atom. The van der Waals surface area contributed by atoms with E-state index in [-0.39, 0.29) is 31.1 Å². The number of esters is 3. The molecule has 0 heterocycles. The molecule has 6 nitrogen and oxygen atoms in total. The lowest BCUT2D eigenvalue weighted by atomic mass is 10.00. The van der Waals surface area contributed by atoms with Crippen LogP contribution in [0.4, 0.5) is 0 Å². The smallest absolute Gasteiger partial charge is 0.306 e. The van der Waals surface area contributed by atoms with E-state index in [1.165, 1.54) is 186 Å². The van der Waals surface area contributed by atoms with Gasteiger partial charge in [-0.1, -0.05) is 266 Å². The Balaban J connectivity index is 4.23. The first-order chi connectivity index (χ1) is 30.1. The zero-order chi connectivity index (χ0) is 45.6. The molecular weight excluding hydrogens is 769 g/mol. The van der Waals surface area contributed by atoms with E-state index in [0.29, 0.717) is 19.3 Å². The molecule has 0 rings (SSSR count). The van der Waals surface area contributed by atoms with Crippen LogP contribution in [0.3, 0.4) is 0 Å². The molecule has 0 aromatic heterocycles. The van der Waals surface area contributed by atoms with Crippen LogP contribution in [0, 0.1) is 17.8 Å². The van der Waals surface area contributed by atoms with Crippen LogP contribution in [0.15, 0.2) is 0 Å². The number of ether oxygens (including phenoxy) is 3. The molecule has 0 fully saturated rings. The lowest BCUT2D eigenvalue weighted by Crippen LogP contribution is -2.30. The van der Waals surface area contributed by atoms with Gasteiger partial charge < -0.3 is 14.2 Å². The second kappa shape index (κ2) is 47.4. The maximum absolute atomic E-state index is 12.8. The molecular formula is C56H108O6. The highest BCUT2D eigenvalue weighted by Gasteiger charge is 2.19. The first-order valence-corrected chi connectivity index (χ1v) is 27.6.